The van der Waals surface area contributed by atoms with Gasteiger partial charge in [0.1, 0.15) is 11.6 Å². The SMILES string of the molecule is CC(C)OC(=O)Nc1ccc(-c2ncc(-c3ccc(NC(=O)OC[C@@H]4CCCN4C(=O)O)cc3S(=O)(=O)NC(C)(C)C)s2)cc1. The number of likely N-dealkylation sites (tertiary alicyclic amines) is 1. The van der Waals surface area contributed by atoms with Gasteiger partial charge in [-0.3, -0.25) is 10.6 Å². The van der Waals surface area contributed by atoms with Gasteiger partial charge < -0.3 is 19.5 Å². The van der Waals surface area contributed by atoms with E-state index < -0.39 is 39.9 Å². The molecule has 0 bridgehead atoms. The molecule has 0 spiro atoms. The van der Waals surface area contributed by atoms with E-state index in [1.54, 1.807) is 77.2 Å². The van der Waals surface area contributed by atoms with E-state index in [1.807, 2.05) is 0 Å². The first kappa shape index (κ1) is 33.7. The number of carbonyl (C=O) groups excluding carboxylic acids is 2. The van der Waals surface area contributed by atoms with Crippen LogP contribution in [-0.2, 0) is 19.5 Å². The molecule has 1 aliphatic rings. The summed E-state index contributed by atoms with van der Waals surface area (Å²) in [5.41, 5.74) is 1.09. The van der Waals surface area contributed by atoms with Crippen molar-refractivity contribution in [3.63, 3.8) is 0 Å². The standard InChI is InChI=1S/C30H37N5O8S2/c1-18(2)43-28(37)32-20-10-8-19(9-11-20)26-31-16-24(44-26)23-13-12-21(15-25(23)45(40,41)34-30(3,4)5)33-27(36)42-17-22-7-6-14-35(22)29(38)39/h8-13,15-16,18,22,34H,6-7,14,17H2,1-5H3,(H,32,37)(H,33,36)(H,38,39)/t22-/m0/s1. The largest absolute Gasteiger partial charge is 0.465 e. The number of aromatic nitrogens is 1. The molecule has 3 amide bonds. The van der Waals surface area contributed by atoms with E-state index in [0.717, 1.165) is 5.56 Å². The van der Waals surface area contributed by atoms with Gasteiger partial charge in [-0.2, -0.15) is 0 Å². The number of benzene rings is 2. The van der Waals surface area contributed by atoms with Crippen LogP contribution in [0.5, 0.6) is 0 Å². The van der Waals surface area contributed by atoms with Crippen LogP contribution in [0.15, 0.2) is 53.6 Å². The topological polar surface area (TPSA) is 176 Å². The lowest BCUT2D eigenvalue weighted by Gasteiger charge is -2.22. The van der Waals surface area contributed by atoms with Crippen molar-refractivity contribution >= 4 is 51.0 Å². The Labute approximate surface area is 266 Å². The van der Waals surface area contributed by atoms with Crippen LogP contribution in [0.3, 0.4) is 0 Å². The van der Waals surface area contributed by atoms with Gasteiger partial charge in [-0.1, -0.05) is 6.07 Å². The van der Waals surface area contributed by atoms with E-state index >= 15 is 0 Å². The molecule has 0 saturated carbocycles. The van der Waals surface area contributed by atoms with Crippen molar-refractivity contribution in [2.24, 2.45) is 0 Å². The Morgan fingerprint density at radius 2 is 1.73 bits per heavy atom. The maximum absolute atomic E-state index is 13.6. The fraction of sp³-hybridized carbons (Fsp3) is 0.400. The van der Waals surface area contributed by atoms with Crippen LogP contribution in [-0.4, -0.2) is 72.5 Å². The Balaban J connectivity index is 1.56. The van der Waals surface area contributed by atoms with Gasteiger partial charge in [0.2, 0.25) is 10.0 Å². The van der Waals surface area contributed by atoms with E-state index in [4.69, 9.17) is 9.47 Å². The van der Waals surface area contributed by atoms with Crippen LogP contribution in [0.4, 0.5) is 25.8 Å². The second-order valence-electron chi connectivity index (χ2n) is 11.7. The number of nitrogens with one attached hydrogen (secondary N) is 3. The Bertz CT molecular complexity index is 1650. The van der Waals surface area contributed by atoms with E-state index in [1.165, 1.54) is 22.3 Å². The lowest BCUT2D eigenvalue weighted by Crippen LogP contribution is -2.40. The molecule has 1 fully saturated rings. The molecule has 3 aromatic rings. The molecule has 1 saturated heterocycles. The minimum Gasteiger partial charge on any atom is -0.465 e. The van der Waals surface area contributed by atoms with Gasteiger partial charge in [-0.15, -0.1) is 11.3 Å². The third-order valence-electron chi connectivity index (χ3n) is 6.48. The Hall–Kier alpha value is -4.21. The van der Waals surface area contributed by atoms with Crippen molar-refractivity contribution in [1.29, 1.82) is 0 Å². The number of ether oxygens (including phenoxy) is 2. The summed E-state index contributed by atoms with van der Waals surface area (Å²) < 4.78 is 40.2. The second-order valence-corrected chi connectivity index (χ2v) is 14.4. The van der Waals surface area contributed by atoms with Gasteiger partial charge in [0, 0.05) is 40.8 Å². The summed E-state index contributed by atoms with van der Waals surface area (Å²) in [5.74, 6) is 0. The number of thiazole rings is 1. The first-order chi connectivity index (χ1) is 21.1. The summed E-state index contributed by atoms with van der Waals surface area (Å²) in [6.45, 7) is 8.94. The first-order valence-electron chi connectivity index (χ1n) is 14.3. The molecule has 0 unspecified atom stereocenters. The summed E-state index contributed by atoms with van der Waals surface area (Å²) in [4.78, 5) is 42.1. The van der Waals surface area contributed by atoms with Crippen LogP contribution in [0, 0.1) is 0 Å². The minimum atomic E-state index is -4.07. The molecule has 0 aliphatic carbocycles. The Morgan fingerprint density at radius 3 is 2.38 bits per heavy atom. The third kappa shape index (κ3) is 9.15. The number of anilines is 2. The van der Waals surface area contributed by atoms with Gasteiger partial charge in [-0.05, 0) is 83.9 Å². The second kappa shape index (κ2) is 13.8. The Morgan fingerprint density at radius 1 is 1.07 bits per heavy atom. The van der Waals surface area contributed by atoms with E-state index in [-0.39, 0.29) is 23.3 Å². The normalized spacial score (nSPS) is 15.2. The summed E-state index contributed by atoms with van der Waals surface area (Å²) in [7, 11) is -4.07. The molecular weight excluding hydrogens is 622 g/mol. The molecule has 2 heterocycles. The summed E-state index contributed by atoms with van der Waals surface area (Å²) in [5, 5.41) is 15.1. The van der Waals surface area contributed by atoms with Crippen LogP contribution in [0.2, 0.25) is 0 Å². The molecule has 4 rings (SSSR count). The molecular formula is C30H37N5O8S2. The maximum atomic E-state index is 13.6. The highest BCUT2D eigenvalue weighted by Gasteiger charge is 2.30. The van der Waals surface area contributed by atoms with Crippen LogP contribution in [0.25, 0.3) is 21.0 Å². The highest BCUT2D eigenvalue weighted by molar-refractivity contribution is 7.89. The molecule has 0 radical (unpaired) electrons. The fourth-order valence-corrected chi connectivity index (χ4v) is 7.35. The van der Waals surface area contributed by atoms with Crippen molar-refractivity contribution in [2.75, 3.05) is 23.8 Å². The zero-order chi connectivity index (χ0) is 32.9. The number of amides is 3. The molecule has 45 heavy (non-hydrogen) atoms. The van der Waals surface area contributed by atoms with Gasteiger partial charge >= 0.3 is 18.3 Å². The van der Waals surface area contributed by atoms with Crippen molar-refractivity contribution in [3.8, 4) is 21.0 Å². The molecule has 15 heteroatoms. The highest BCUT2D eigenvalue weighted by Crippen LogP contribution is 2.37. The van der Waals surface area contributed by atoms with Crippen molar-refractivity contribution in [1.82, 2.24) is 14.6 Å². The number of sulfonamides is 1. The average Bonchev–Trinajstić information content (AvgIpc) is 3.61. The zero-order valence-corrected chi connectivity index (χ0v) is 27.3. The summed E-state index contributed by atoms with van der Waals surface area (Å²) in [6, 6.07) is 11.1. The molecule has 13 nitrogen and oxygen atoms in total. The van der Waals surface area contributed by atoms with Gasteiger partial charge in [0.15, 0.2) is 0 Å². The lowest BCUT2D eigenvalue weighted by molar-refractivity contribution is 0.102. The number of carboxylic acid groups (broad SMARTS) is 1. The number of rotatable bonds is 9. The van der Waals surface area contributed by atoms with Crippen LogP contribution < -0.4 is 15.4 Å². The predicted molar refractivity (Wildman–Crippen MR) is 171 cm³/mol. The summed E-state index contributed by atoms with van der Waals surface area (Å²) in [6.07, 6.45) is 0.135. The number of nitrogens with zero attached hydrogens (tertiary/aromatic N) is 2. The van der Waals surface area contributed by atoms with Crippen LogP contribution >= 0.6 is 11.3 Å². The lowest BCUT2D eigenvalue weighted by atomic mass is 10.1. The first-order valence-corrected chi connectivity index (χ1v) is 16.6. The molecule has 4 N–H and O–H groups in total. The zero-order valence-electron chi connectivity index (χ0n) is 25.6. The summed E-state index contributed by atoms with van der Waals surface area (Å²) >= 11 is 1.28. The van der Waals surface area contributed by atoms with Gasteiger partial charge in [-0.25, -0.2) is 32.5 Å². The van der Waals surface area contributed by atoms with Gasteiger partial charge in [0.25, 0.3) is 0 Å². The van der Waals surface area contributed by atoms with E-state index in [0.29, 0.717) is 40.5 Å². The molecule has 1 aliphatic heterocycles. The quantitative estimate of drug-likeness (QED) is 0.208. The molecule has 1 aromatic heterocycles. The molecule has 1 atom stereocenters. The number of carbonyl (C=O) groups is 3. The van der Waals surface area contributed by atoms with E-state index in [2.05, 4.69) is 20.3 Å². The smallest absolute Gasteiger partial charge is 0.411 e. The van der Waals surface area contributed by atoms with E-state index in [9.17, 15) is 27.9 Å². The molecule has 242 valence electrons. The fourth-order valence-electron chi connectivity index (χ4n) is 4.66. The van der Waals surface area contributed by atoms with Crippen molar-refractivity contribution in [2.45, 2.75) is 70.0 Å². The number of hydrogen-bond donors (Lipinski definition) is 4. The van der Waals surface area contributed by atoms with Crippen molar-refractivity contribution in [3.05, 3.63) is 48.7 Å². The number of hydrogen-bond acceptors (Lipinski definition) is 9. The van der Waals surface area contributed by atoms with Gasteiger partial charge in [0.05, 0.1) is 21.9 Å². The molecule has 2 aromatic carbocycles. The minimum absolute atomic E-state index is 0.0681. The monoisotopic (exact) mass is 659 g/mol. The van der Waals surface area contributed by atoms with Crippen molar-refractivity contribution < 1.29 is 37.4 Å². The average molecular weight is 660 g/mol. The Kier molecular flexibility index (Phi) is 10.4. The maximum Gasteiger partial charge on any atom is 0.411 e. The predicted octanol–water partition coefficient (Wildman–Crippen LogP) is 6.20. The highest BCUT2D eigenvalue weighted by atomic mass is 32.2. The third-order valence-corrected chi connectivity index (χ3v) is 9.36. The van der Waals surface area contributed by atoms with Crippen LogP contribution in [0.1, 0.15) is 47.5 Å².